The van der Waals surface area contributed by atoms with Gasteiger partial charge >= 0.3 is 23.9 Å². The number of carbonyl (C=O) groups excluding carboxylic acids is 4. The van der Waals surface area contributed by atoms with Gasteiger partial charge in [-0.3, -0.25) is 19.2 Å². The molecule has 10 nitrogen and oxygen atoms in total. The van der Waals surface area contributed by atoms with Crippen LogP contribution in [0.1, 0.15) is 77.0 Å². The molecule has 2 fully saturated rings. The Bertz CT molecular complexity index is 1310. The van der Waals surface area contributed by atoms with Crippen LogP contribution in [0.3, 0.4) is 0 Å². The zero-order valence-electron chi connectivity index (χ0n) is 24.4. The Labute approximate surface area is 239 Å². The Kier molecular flexibility index (Phi) is 9.21. The Balaban J connectivity index is 1.88. The van der Waals surface area contributed by atoms with E-state index >= 15 is 0 Å². The van der Waals surface area contributed by atoms with Crippen molar-refractivity contribution in [3.8, 4) is 5.75 Å². The molecule has 4 rings (SSSR count). The van der Waals surface area contributed by atoms with Crippen LogP contribution < -0.4 is 4.74 Å². The molecule has 0 aromatic heterocycles. The van der Waals surface area contributed by atoms with E-state index in [4.69, 9.17) is 28.4 Å². The van der Waals surface area contributed by atoms with Crippen LogP contribution in [0, 0.1) is 0 Å². The van der Waals surface area contributed by atoms with E-state index in [-0.39, 0.29) is 5.97 Å². The summed E-state index contributed by atoms with van der Waals surface area (Å²) in [6.07, 6.45) is -0.658. The van der Waals surface area contributed by atoms with Gasteiger partial charge in [0.25, 0.3) is 0 Å². The maximum atomic E-state index is 13.1. The van der Waals surface area contributed by atoms with Crippen LogP contribution in [0.25, 0.3) is 10.8 Å². The van der Waals surface area contributed by atoms with Gasteiger partial charge in [0, 0.05) is 26.3 Å². The number of hydrogen-bond donors (Lipinski definition) is 0. The first kappa shape index (κ1) is 30.3. The summed E-state index contributed by atoms with van der Waals surface area (Å²) < 4.78 is 34.2. The first-order valence-electron chi connectivity index (χ1n) is 13.9. The Morgan fingerprint density at radius 1 is 0.805 bits per heavy atom. The molecule has 222 valence electrons. The average Bonchev–Trinajstić information content (AvgIpc) is 2.94. The van der Waals surface area contributed by atoms with Crippen molar-refractivity contribution in [2.45, 2.75) is 95.7 Å². The molecule has 0 unspecified atom stereocenters. The van der Waals surface area contributed by atoms with Crippen molar-refractivity contribution < 1.29 is 47.6 Å². The fourth-order valence-electron chi connectivity index (χ4n) is 6.31. The first-order chi connectivity index (χ1) is 19.5. The Hall–Kier alpha value is -3.66. The van der Waals surface area contributed by atoms with Crippen LogP contribution in [0.4, 0.5) is 0 Å². The van der Waals surface area contributed by atoms with Crippen molar-refractivity contribution in [2.75, 3.05) is 14.2 Å². The predicted molar refractivity (Wildman–Crippen MR) is 147 cm³/mol. The lowest BCUT2D eigenvalue weighted by Crippen LogP contribution is -2.57. The highest BCUT2D eigenvalue weighted by Gasteiger charge is 2.52. The van der Waals surface area contributed by atoms with Gasteiger partial charge in [0.1, 0.15) is 11.9 Å². The average molecular weight is 571 g/mol. The Morgan fingerprint density at radius 2 is 1.41 bits per heavy atom. The van der Waals surface area contributed by atoms with E-state index in [9.17, 15) is 19.2 Å². The van der Waals surface area contributed by atoms with Gasteiger partial charge < -0.3 is 28.4 Å². The highest BCUT2D eigenvalue weighted by molar-refractivity contribution is 5.91. The van der Waals surface area contributed by atoms with E-state index in [1.165, 1.54) is 35.0 Å². The topological polar surface area (TPSA) is 124 Å². The zero-order valence-corrected chi connectivity index (χ0v) is 24.4. The van der Waals surface area contributed by atoms with Crippen molar-refractivity contribution in [1.82, 2.24) is 0 Å². The van der Waals surface area contributed by atoms with Gasteiger partial charge in [-0.25, -0.2) is 0 Å². The van der Waals surface area contributed by atoms with Crippen LogP contribution >= 0.6 is 0 Å². The number of esters is 4. The van der Waals surface area contributed by atoms with Gasteiger partial charge in [-0.15, -0.1) is 0 Å². The first-order valence-corrected chi connectivity index (χ1v) is 13.9. The molecule has 5 atom stereocenters. The van der Waals surface area contributed by atoms with Crippen LogP contribution in [-0.2, 0) is 48.3 Å². The van der Waals surface area contributed by atoms with Crippen molar-refractivity contribution in [3.63, 3.8) is 0 Å². The molecular formula is C31H38O10. The summed E-state index contributed by atoms with van der Waals surface area (Å²) in [5.41, 5.74) is 0.716. The molecule has 1 saturated heterocycles. The SMILES string of the molecule is COC(=O)C1(c2ccc3c([C@H]4O[C@@H](C)[C@@H](OC(C)=O)[C@@H](OC(C)=O)[C@@H]4OC(C)=O)c(OC)ccc3c2)CCCCC1. The molecule has 0 amide bonds. The largest absolute Gasteiger partial charge is 0.496 e. The highest BCUT2D eigenvalue weighted by Crippen LogP contribution is 2.46. The van der Waals surface area contributed by atoms with Crippen molar-refractivity contribution >= 4 is 34.6 Å². The van der Waals surface area contributed by atoms with Crippen molar-refractivity contribution in [2.24, 2.45) is 0 Å². The molecule has 2 aromatic rings. The van der Waals surface area contributed by atoms with Gasteiger partial charge in [0.05, 0.1) is 25.7 Å². The summed E-state index contributed by atoms with van der Waals surface area (Å²) in [5, 5.41) is 1.56. The minimum absolute atomic E-state index is 0.245. The maximum Gasteiger partial charge on any atom is 0.316 e. The molecule has 0 spiro atoms. The summed E-state index contributed by atoms with van der Waals surface area (Å²) in [5.74, 6) is -1.64. The second-order valence-corrected chi connectivity index (χ2v) is 10.7. The molecule has 2 aromatic carbocycles. The standard InChI is InChI=1S/C31H38O10/c1-17-26(39-18(2)32)28(40-19(3)33)29(41-20(4)34)27(38-17)25-23-12-11-22(16-21(23)10-13-24(25)36-5)31(30(35)37-6)14-8-7-9-15-31/h10-13,16-17,26-29H,7-9,14-15H2,1-6H3/t17-,26+,27+,28+,29+/m0/s1. The molecule has 41 heavy (non-hydrogen) atoms. The smallest absolute Gasteiger partial charge is 0.316 e. The normalized spacial score (nSPS) is 25.6. The number of hydrogen-bond acceptors (Lipinski definition) is 10. The Morgan fingerprint density at radius 3 is 2.00 bits per heavy atom. The third-order valence-corrected chi connectivity index (χ3v) is 8.04. The van der Waals surface area contributed by atoms with Crippen LogP contribution in [0.2, 0.25) is 0 Å². The lowest BCUT2D eigenvalue weighted by atomic mass is 9.69. The molecule has 1 aliphatic heterocycles. The van der Waals surface area contributed by atoms with Gasteiger partial charge in [-0.1, -0.05) is 37.5 Å². The number of ether oxygens (including phenoxy) is 6. The number of carbonyl (C=O) groups is 4. The maximum absolute atomic E-state index is 13.1. The molecule has 10 heteroatoms. The van der Waals surface area contributed by atoms with Gasteiger partial charge in [-0.05, 0) is 48.2 Å². The van der Waals surface area contributed by atoms with Gasteiger partial charge in [0.15, 0.2) is 18.3 Å². The fraction of sp³-hybridized carbons (Fsp3) is 0.548. The summed E-state index contributed by atoms with van der Waals surface area (Å²) in [4.78, 5) is 49.4. The van der Waals surface area contributed by atoms with E-state index in [0.717, 1.165) is 35.6 Å². The quantitative estimate of drug-likeness (QED) is 0.348. The van der Waals surface area contributed by atoms with E-state index < -0.39 is 53.8 Å². The summed E-state index contributed by atoms with van der Waals surface area (Å²) in [6.45, 7) is 5.40. The van der Waals surface area contributed by atoms with Crippen LogP contribution in [0.15, 0.2) is 30.3 Å². The monoisotopic (exact) mass is 570 g/mol. The van der Waals surface area contributed by atoms with E-state index in [1.807, 2.05) is 24.3 Å². The summed E-state index contributed by atoms with van der Waals surface area (Å²) >= 11 is 0. The molecule has 0 N–H and O–H groups in total. The van der Waals surface area contributed by atoms with Crippen LogP contribution in [-0.4, -0.2) is 62.5 Å². The van der Waals surface area contributed by atoms with Crippen LogP contribution in [0.5, 0.6) is 5.75 Å². The summed E-state index contributed by atoms with van der Waals surface area (Å²) in [6, 6.07) is 9.49. The number of methoxy groups -OCH3 is 2. The second-order valence-electron chi connectivity index (χ2n) is 10.7. The fourth-order valence-corrected chi connectivity index (χ4v) is 6.31. The minimum atomic E-state index is -1.16. The number of benzene rings is 2. The molecule has 1 aliphatic carbocycles. The zero-order chi connectivity index (χ0) is 29.9. The molecule has 0 radical (unpaired) electrons. The van der Waals surface area contributed by atoms with E-state index in [0.29, 0.717) is 24.2 Å². The van der Waals surface area contributed by atoms with Gasteiger partial charge in [-0.2, -0.15) is 0 Å². The molecule has 0 bridgehead atoms. The third-order valence-electron chi connectivity index (χ3n) is 8.04. The van der Waals surface area contributed by atoms with Crippen molar-refractivity contribution in [3.05, 3.63) is 41.5 Å². The lowest BCUT2D eigenvalue weighted by Gasteiger charge is -2.44. The van der Waals surface area contributed by atoms with Gasteiger partial charge in [0.2, 0.25) is 0 Å². The molecule has 2 aliphatic rings. The third kappa shape index (κ3) is 6.02. The van der Waals surface area contributed by atoms with E-state index in [1.54, 1.807) is 13.0 Å². The molecular weight excluding hydrogens is 532 g/mol. The minimum Gasteiger partial charge on any atom is -0.496 e. The molecule has 1 saturated carbocycles. The predicted octanol–water partition coefficient (Wildman–Crippen LogP) is 4.48. The lowest BCUT2D eigenvalue weighted by molar-refractivity contribution is -0.245. The van der Waals surface area contributed by atoms with E-state index in [2.05, 4.69) is 0 Å². The molecule has 1 heterocycles. The van der Waals surface area contributed by atoms with Crippen molar-refractivity contribution in [1.29, 1.82) is 0 Å². The summed E-state index contributed by atoms with van der Waals surface area (Å²) in [7, 11) is 2.94. The highest BCUT2D eigenvalue weighted by atomic mass is 16.6. The number of fused-ring (bicyclic) bond motifs is 1. The number of rotatable bonds is 7. The second kappa shape index (κ2) is 12.5.